The minimum atomic E-state index is 0.0870. The Morgan fingerprint density at radius 3 is 2.71 bits per heavy atom. The molecule has 3 nitrogen and oxygen atoms in total. The normalized spacial score (nSPS) is 15.0. The molecule has 0 unspecified atom stereocenters. The van der Waals surface area contributed by atoms with Gasteiger partial charge in [0.15, 0.2) is 0 Å². The van der Waals surface area contributed by atoms with Gasteiger partial charge < -0.3 is 10.2 Å². The summed E-state index contributed by atoms with van der Waals surface area (Å²) in [6.07, 6.45) is 7.41. The van der Waals surface area contributed by atoms with Gasteiger partial charge in [-0.25, -0.2) is 0 Å². The monoisotopic (exact) mass is 308 g/mol. The molecule has 0 bridgehead atoms. The van der Waals surface area contributed by atoms with Gasteiger partial charge in [-0.3, -0.25) is 4.79 Å². The fourth-order valence-electron chi connectivity index (χ4n) is 2.80. The Morgan fingerprint density at radius 1 is 1.24 bits per heavy atom. The predicted molar refractivity (Wildman–Crippen MR) is 90.3 cm³/mol. The highest BCUT2D eigenvalue weighted by atomic mass is 35.5. The molecular formula is C17H25ClN2O. The summed E-state index contributed by atoms with van der Waals surface area (Å²) in [6.45, 7) is 4.17. The molecule has 0 spiro atoms. The third-order valence-electron chi connectivity index (χ3n) is 3.94. The van der Waals surface area contributed by atoms with Crippen molar-refractivity contribution in [1.82, 2.24) is 0 Å². The van der Waals surface area contributed by atoms with Crippen molar-refractivity contribution in [3.05, 3.63) is 23.2 Å². The van der Waals surface area contributed by atoms with Crippen LogP contribution in [0.3, 0.4) is 0 Å². The first-order valence-electron chi connectivity index (χ1n) is 8.05. The van der Waals surface area contributed by atoms with Gasteiger partial charge >= 0.3 is 0 Å². The van der Waals surface area contributed by atoms with Gasteiger partial charge in [0, 0.05) is 19.5 Å². The van der Waals surface area contributed by atoms with Crippen LogP contribution < -0.4 is 10.2 Å². The molecule has 0 aliphatic carbocycles. The molecule has 0 atom stereocenters. The van der Waals surface area contributed by atoms with Crippen molar-refractivity contribution in [1.29, 1.82) is 0 Å². The number of carbonyl (C=O) groups is 1. The molecule has 0 aromatic heterocycles. The van der Waals surface area contributed by atoms with E-state index >= 15 is 0 Å². The van der Waals surface area contributed by atoms with Crippen molar-refractivity contribution in [2.75, 3.05) is 23.3 Å². The van der Waals surface area contributed by atoms with E-state index in [2.05, 4.69) is 17.1 Å². The van der Waals surface area contributed by atoms with Crippen molar-refractivity contribution in [2.45, 2.75) is 51.9 Å². The minimum Gasteiger partial charge on any atom is -0.369 e. The number of nitrogens with one attached hydrogen (secondary N) is 1. The Labute approximate surface area is 132 Å². The van der Waals surface area contributed by atoms with E-state index in [9.17, 15) is 4.79 Å². The first-order valence-corrected chi connectivity index (χ1v) is 8.43. The fraction of sp³-hybridized carbons (Fsp3) is 0.588. The fourth-order valence-corrected chi connectivity index (χ4v) is 3.10. The number of benzene rings is 1. The molecule has 1 N–H and O–H groups in total. The van der Waals surface area contributed by atoms with Crippen molar-refractivity contribution in [2.24, 2.45) is 0 Å². The van der Waals surface area contributed by atoms with Gasteiger partial charge in [0.1, 0.15) is 0 Å². The van der Waals surface area contributed by atoms with Crippen molar-refractivity contribution in [3.8, 4) is 0 Å². The molecule has 1 aromatic rings. The number of amides is 1. The highest BCUT2D eigenvalue weighted by Gasteiger charge is 2.18. The Bertz CT molecular complexity index is 470. The number of para-hydroxylation sites is 1. The third-order valence-corrected chi connectivity index (χ3v) is 4.25. The maximum atomic E-state index is 12.1. The van der Waals surface area contributed by atoms with Crippen LogP contribution in [0.25, 0.3) is 0 Å². The van der Waals surface area contributed by atoms with E-state index < -0.39 is 0 Å². The smallest absolute Gasteiger partial charge is 0.224 e. The van der Waals surface area contributed by atoms with Gasteiger partial charge in [-0.05, 0) is 37.8 Å². The molecule has 1 amide bonds. The van der Waals surface area contributed by atoms with Crippen LogP contribution in [0, 0.1) is 0 Å². The standard InChI is InChI=1S/C17H25ClN2O/c1-2-3-5-11-16(21)19-15-10-8-9-14(18)17(15)20-12-6-4-7-13-20/h8-10H,2-7,11-13H2,1H3,(H,19,21). The highest BCUT2D eigenvalue weighted by Crippen LogP contribution is 2.35. The van der Waals surface area contributed by atoms with E-state index in [0.29, 0.717) is 6.42 Å². The van der Waals surface area contributed by atoms with E-state index in [1.165, 1.54) is 19.3 Å². The first-order chi connectivity index (χ1) is 10.2. The molecule has 1 aliphatic heterocycles. The molecule has 116 valence electrons. The van der Waals surface area contributed by atoms with Crippen LogP contribution >= 0.6 is 11.6 Å². The molecule has 0 radical (unpaired) electrons. The summed E-state index contributed by atoms with van der Waals surface area (Å²) < 4.78 is 0. The van der Waals surface area contributed by atoms with E-state index in [1.807, 2.05) is 18.2 Å². The number of rotatable bonds is 6. The van der Waals surface area contributed by atoms with E-state index in [4.69, 9.17) is 11.6 Å². The number of hydrogen-bond donors (Lipinski definition) is 1. The SMILES string of the molecule is CCCCCC(=O)Nc1cccc(Cl)c1N1CCCCC1. The van der Waals surface area contributed by atoms with Crippen LogP contribution in [0.4, 0.5) is 11.4 Å². The molecule has 1 aromatic carbocycles. The van der Waals surface area contributed by atoms with E-state index in [1.54, 1.807) is 0 Å². The van der Waals surface area contributed by atoms with E-state index in [-0.39, 0.29) is 5.91 Å². The second-order valence-corrected chi connectivity index (χ2v) is 6.10. The number of halogens is 1. The Balaban J connectivity index is 2.07. The third kappa shape index (κ3) is 4.63. The summed E-state index contributed by atoms with van der Waals surface area (Å²) in [5, 5.41) is 3.77. The average molecular weight is 309 g/mol. The number of hydrogen-bond acceptors (Lipinski definition) is 2. The Morgan fingerprint density at radius 2 is 2.00 bits per heavy atom. The average Bonchev–Trinajstić information content (AvgIpc) is 2.48. The maximum Gasteiger partial charge on any atom is 0.224 e. The number of nitrogens with zero attached hydrogens (tertiary/aromatic N) is 1. The van der Waals surface area contributed by atoms with Crippen LogP contribution in [-0.4, -0.2) is 19.0 Å². The lowest BCUT2D eigenvalue weighted by Crippen LogP contribution is -2.30. The molecule has 1 heterocycles. The lowest BCUT2D eigenvalue weighted by Gasteiger charge is -2.31. The van der Waals surface area contributed by atoms with Gasteiger partial charge in [-0.15, -0.1) is 0 Å². The van der Waals surface area contributed by atoms with Crippen LogP contribution in [0.1, 0.15) is 51.9 Å². The van der Waals surface area contributed by atoms with Crippen LogP contribution in [0.5, 0.6) is 0 Å². The van der Waals surface area contributed by atoms with Crippen molar-refractivity contribution < 1.29 is 4.79 Å². The molecular weight excluding hydrogens is 284 g/mol. The molecule has 0 saturated carbocycles. The van der Waals surface area contributed by atoms with Gasteiger partial charge in [0.05, 0.1) is 16.4 Å². The van der Waals surface area contributed by atoms with Crippen LogP contribution in [0.15, 0.2) is 18.2 Å². The minimum absolute atomic E-state index is 0.0870. The summed E-state index contributed by atoms with van der Waals surface area (Å²) in [5.41, 5.74) is 1.84. The van der Waals surface area contributed by atoms with Crippen molar-refractivity contribution in [3.63, 3.8) is 0 Å². The summed E-state index contributed by atoms with van der Waals surface area (Å²) in [5.74, 6) is 0.0870. The lowest BCUT2D eigenvalue weighted by atomic mass is 10.1. The Hall–Kier alpha value is -1.22. The second-order valence-electron chi connectivity index (χ2n) is 5.69. The topological polar surface area (TPSA) is 32.3 Å². The summed E-state index contributed by atoms with van der Waals surface area (Å²) in [7, 11) is 0. The quantitative estimate of drug-likeness (QED) is 0.762. The second kappa shape index (κ2) is 8.28. The molecule has 1 saturated heterocycles. The number of carbonyl (C=O) groups excluding carboxylic acids is 1. The largest absolute Gasteiger partial charge is 0.369 e. The molecule has 21 heavy (non-hydrogen) atoms. The molecule has 4 heteroatoms. The molecule has 1 aliphatic rings. The number of piperidine rings is 1. The van der Waals surface area contributed by atoms with E-state index in [0.717, 1.165) is 48.7 Å². The number of anilines is 2. The zero-order chi connectivity index (χ0) is 15.1. The molecule has 1 fully saturated rings. The highest BCUT2D eigenvalue weighted by molar-refractivity contribution is 6.34. The summed E-state index contributed by atoms with van der Waals surface area (Å²) in [4.78, 5) is 14.4. The van der Waals surface area contributed by atoms with Gasteiger partial charge in [0.25, 0.3) is 0 Å². The first kappa shape index (κ1) is 16.2. The lowest BCUT2D eigenvalue weighted by molar-refractivity contribution is -0.116. The van der Waals surface area contributed by atoms with Gasteiger partial charge in [-0.1, -0.05) is 37.4 Å². The molecule has 2 rings (SSSR count). The zero-order valence-corrected chi connectivity index (χ0v) is 13.6. The van der Waals surface area contributed by atoms with Crippen LogP contribution in [0.2, 0.25) is 5.02 Å². The van der Waals surface area contributed by atoms with Gasteiger partial charge in [-0.2, -0.15) is 0 Å². The predicted octanol–water partition coefficient (Wildman–Crippen LogP) is 4.85. The maximum absolute atomic E-state index is 12.1. The van der Waals surface area contributed by atoms with Gasteiger partial charge in [0.2, 0.25) is 5.91 Å². The number of unbranched alkanes of at least 4 members (excludes halogenated alkanes) is 2. The van der Waals surface area contributed by atoms with Crippen LogP contribution in [-0.2, 0) is 4.79 Å². The van der Waals surface area contributed by atoms with Crippen molar-refractivity contribution >= 4 is 28.9 Å². The summed E-state index contributed by atoms with van der Waals surface area (Å²) in [6, 6.07) is 5.75. The Kier molecular flexibility index (Phi) is 6.37. The summed E-state index contributed by atoms with van der Waals surface area (Å²) >= 11 is 6.38. The zero-order valence-electron chi connectivity index (χ0n) is 12.8.